The molecule has 0 aliphatic rings. The van der Waals surface area contributed by atoms with Gasteiger partial charge in [0.15, 0.2) is 0 Å². The molecule has 0 bridgehead atoms. The third kappa shape index (κ3) is 3.59. The number of halogens is 3. The zero-order valence-electron chi connectivity index (χ0n) is 14.2. The quantitative estimate of drug-likeness (QED) is 0.605. The third-order valence-electron chi connectivity index (χ3n) is 3.96. The molecule has 0 aliphatic carbocycles. The maximum absolute atomic E-state index is 14.1. The van der Waals surface area contributed by atoms with Crippen LogP contribution in [-0.4, -0.2) is 29.4 Å². The fourth-order valence-corrected chi connectivity index (χ4v) is 6.71. The molecule has 0 aliphatic heterocycles. The number of hydrogen-bond acceptors (Lipinski definition) is 4. The van der Waals surface area contributed by atoms with Crippen LogP contribution in [0, 0.1) is 0 Å². The molecule has 25 heavy (non-hydrogen) atoms. The van der Waals surface area contributed by atoms with Gasteiger partial charge in [-0.25, -0.2) is 0 Å². The summed E-state index contributed by atoms with van der Waals surface area (Å²) in [4.78, 5) is 11.1. The van der Waals surface area contributed by atoms with Crippen molar-refractivity contribution in [2.24, 2.45) is 0 Å². The summed E-state index contributed by atoms with van der Waals surface area (Å²) in [6, 6.07) is 8.31. The van der Waals surface area contributed by atoms with E-state index in [4.69, 9.17) is 9.05 Å². The van der Waals surface area contributed by atoms with Crippen molar-refractivity contribution in [3.05, 3.63) is 40.4 Å². The van der Waals surface area contributed by atoms with Gasteiger partial charge in [-0.15, -0.1) is 0 Å². The van der Waals surface area contributed by atoms with Crippen molar-refractivity contribution < 1.29 is 27.8 Å². The van der Waals surface area contributed by atoms with Crippen LogP contribution in [0.3, 0.4) is 0 Å². The van der Waals surface area contributed by atoms with E-state index in [1.54, 1.807) is 31.2 Å². The Morgan fingerprint density at radius 2 is 1.68 bits per heavy atom. The first-order chi connectivity index (χ1) is 11.7. The SMILES string of the molecule is CCOP(O)(OCC)(c1cc2cc(C(C)O)ccc2cc1Br)C(F)F. The van der Waals surface area contributed by atoms with Crippen molar-refractivity contribution in [3.8, 4) is 0 Å². The molecule has 0 spiro atoms. The summed E-state index contributed by atoms with van der Waals surface area (Å²) in [5, 5.41) is 11.0. The van der Waals surface area contributed by atoms with Crippen molar-refractivity contribution in [1.82, 2.24) is 0 Å². The number of fused-ring (bicyclic) bond motifs is 1. The summed E-state index contributed by atoms with van der Waals surface area (Å²) in [6.07, 6.45) is -3.92. The summed E-state index contributed by atoms with van der Waals surface area (Å²) >= 11 is 3.27. The van der Waals surface area contributed by atoms with Crippen molar-refractivity contribution in [2.75, 3.05) is 13.2 Å². The van der Waals surface area contributed by atoms with E-state index >= 15 is 0 Å². The van der Waals surface area contributed by atoms with Gasteiger partial charge < -0.3 is 0 Å². The molecular formula is C17H22BrF2O4P. The Labute approximate surface area is 154 Å². The summed E-state index contributed by atoms with van der Waals surface area (Å²) < 4.78 is 38.9. The molecule has 8 heteroatoms. The minimum absolute atomic E-state index is 0.0973. The second-order valence-corrected chi connectivity index (χ2v) is 9.87. The number of hydrogen-bond donors (Lipinski definition) is 2. The van der Waals surface area contributed by atoms with E-state index in [-0.39, 0.29) is 23.0 Å². The van der Waals surface area contributed by atoms with E-state index in [1.807, 2.05) is 0 Å². The number of alkyl halides is 2. The molecule has 0 amide bonds. The van der Waals surface area contributed by atoms with Gasteiger partial charge in [0.05, 0.1) is 0 Å². The van der Waals surface area contributed by atoms with Crippen molar-refractivity contribution in [3.63, 3.8) is 0 Å². The zero-order valence-corrected chi connectivity index (χ0v) is 16.7. The van der Waals surface area contributed by atoms with Crippen LogP contribution in [0.15, 0.2) is 34.8 Å². The second kappa shape index (κ2) is 7.51. The first-order valence-electron chi connectivity index (χ1n) is 7.93. The Bertz CT molecular complexity index is 764. The third-order valence-corrected chi connectivity index (χ3v) is 8.38. The molecule has 2 N–H and O–H groups in total. The normalized spacial score (nSPS) is 15.3. The van der Waals surface area contributed by atoms with Crippen molar-refractivity contribution in [2.45, 2.75) is 33.0 Å². The Kier molecular flexibility index (Phi) is 6.19. The van der Waals surface area contributed by atoms with Crippen LogP contribution in [-0.2, 0) is 9.05 Å². The van der Waals surface area contributed by atoms with Gasteiger partial charge >= 0.3 is 154 Å². The summed E-state index contributed by atoms with van der Waals surface area (Å²) in [5.41, 5.74) is 0.642. The van der Waals surface area contributed by atoms with Gasteiger partial charge in [-0.2, -0.15) is 0 Å². The van der Waals surface area contributed by atoms with Gasteiger partial charge in [0.1, 0.15) is 0 Å². The molecule has 2 aromatic rings. The van der Waals surface area contributed by atoms with Crippen LogP contribution in [0.1, 0.15) is 32.4 Å². The van der Waals surface area contributed by atoms with E-state index in [9.17, 15) is 18.8 Å². The fraction of sp³-hybridized carbons (Fsp3) is 0.412. The van der Waals surface area contributed by atoms with Gasteiger partial charge in [-0.3, -0.25) is 0 Å². The Balaban J connectivity index is 2.80. The predicted molar refractivity (Wildman–Crippen MR) is 100 cm³/mol. The monoisotopic (exact) mass is 438 g/mol. The fourth-order valence-electron chi connectivity index (χ4n) is 2.74. The van der Waals surface area contributed by atoms with Gasteiger partial charge in [-0.05, 0) is 0 Å². The summed E-state index contributed by atoms with van der Waals surface area (Å²) in [5.74, 6) is 0. The molecule has 2 rings (SSSR count). The number of rotatable bonds is 7. The first-order valence-corrected chi connectivity index (χ1v) is 10.8. The molecule has 0 heterocycles. The van der Waals surface area contributed by atoms with Gasteiger partial charge in [0.2, 0.25) is 0 Å². The molecule has 0 aromatic heterocycles. The standard InChI is InChI=1S/C17H22BrF2O4P/c1-4-23-25(22,17(19)20,24-5-2)16-10-14-8-12(11(3)21)6-7-13(14)9-15(16)18/h6-11,17,21-22H,4-5H2,1-3H3. The molecule has 0 saturated carbocycles. The Morgan fingerprint density at radius 3 is 2.16 bits per heavy atom. The molecule has 4 nitrogen and oxygen atoms in total. The molecule has 140 valence electrons. The van der Waals surface area contributed by atoms with Crippen LogP contribution in [0.5, 0.6) is 0 Å². The van der Waals surface area contributed by atoms with E-state index in [1.165, 1.54) is 19.9 Å². The summed E-state index contributed by atoms with van der Waals surface area (Å²) in [7, 11) is -5.40. The van der Waals surface area contributed by atoms with Crippen LogP contribution >= 0.6 is 23.2 Å². The molecule has 0 saturated heterocycles. The van der Waals surface area contributed by atoms with Gasteiger partial charge in [0, 0.05) is 0 Å². The average Bonchev–Trinajstić information content (AvgIpc) is 2.54. The number of aliphatic hydroxyl groups excluding tert-OH is 1. The van der Waals surface area contributed by atoms with E-state index in [0.717, 1.165) is 5.39 Å². The zero-order chi connectivity index (χ0) is 18.9. The first kappa shape index (κ1) is 20.6. The van der Waals surface area contributed by atoms with Crippen LogP contribution < -0.4 is 5.30 Å². The van der Waals surface area contributed by atoms with Crippen LogP contribution in [0.25, 0.3) is 10.8 Å². The summed E-state index contributed by atoms with van der Waals surface area (Å²) in [6.45, 7) is 4.42. The Hall–Kier alpha value is -0.690. The van der Waals surface area contributed by atoms with Crippen LogP contribution in [0.2, 0.25) is 0 Å². The molecule has 0 fully saturated rings. The Morgan fingerprint density at radius 1 is 1.08 bits per heavy atom. The average molecular weight is 439 g/mol. The minimum atomic E-state index is -5.40. The number of aliphatic hydroxyl groups is 1. The van der Waals surface area contributed by atoms with Crippen molar-refractivity contribution >= 4 is 39.3 Å². The molecular weight excluding hydrogens is 417 g/mol. The predicted octanol–water partition coefficient (Wildman–Crippen LogP) is 4.87. The van der Waals surface area contributed by atoms with Crippen LogP contribution in [0.4, 0.5) is 8.78 Å². The topological polar surface area (TPSA) is 58.9 Å². The van der Waals surface area contributed by atoms with Gasteiger partial charge in [0.25, 0.3) is 0 Å². The van der Waals surface area contributed by atoms with Gasteiger partial charge in [-0.1, -0.05) is 0 Å². The van der Waals surface area contributed by atoms with E-state index in [2.05, 4.69) is 15.9 Å². The molecule has 0 radical (unpaired) electrons. The molecule has 1 atom stereocenters. The maximum atomic E-state index is 14.1. The van der Waals surface area contributed by atoms with Crippen molar-refractivity contribution in [1.29, 1.82) is 0 Å². The number of benzene rings is 2. The molecule has 1 unspecified atom stereocenters. The molecule has 2 aromatic carbocycles. The van der Waals surface area contributed by atoms with E-state index < -0.39 is 19.6 Å². The van der Waals surface area contributed by atoms with E-state index in [0.29, 0.717) is 10.9 Å². The second-order valence-electron chi connectivity index (χ2n) is 5.68.